The van der Waals surface area contributed by atoms with E-state index >= 15 is 0 Å². The molecule has 1 heterocycles. The molecule has 0 aliphatic carbocycles. The summed E-state index contributed by atoms with van der Waals surface area (Å²) in [5.41, 5.74) is -0.425. The summed E-state index contributed by atoms with van der Waals surface area (Å²) >= 11 is 0. The van der Waals surface area contributed by atoms with Gasteiger partial charge in [-0.25, -0.2) is 0 Å². The normalized spacial score (nSPS) is 45.0. The van der Waals surface area contributed by atoms with Gasteiger partial charge in [-0.1, -0.05) is 6.92 Å². The summed E-state index contributed by atoms with van der Waals surface area (Å²) in [6.45, 7) is 5.90. The first kappa shape index (κ1) is 7.03. The van der Waals surface area contributed by atoms with E-state index in [-0.39, 0.29) is 0 Å². The smallest absolute Gasteiger partial charge is 0.0669 e. The van der Waals surface area contributed by atoms with Crippen molar-refractivity contribution in [3.8, 4) is 0 Å². The van der Waals surface area contributed by atoms with Gasteiger partial charge < -0.3 is 10.4 Å². The summed E-state index contributed by atoms with van der Waals surface area (Å²) < 4.78 is 0. The van der Waals surface area contributed by atoms with Crippen molar-refractivity contribution in [2.75, 3.05) is 13.1 Å². The maximum absolute atomic E-state index is 9.60. The van der Waals surface area contributed by atoms with Crippen molar-refractivity contribution >= 4 is 0 Å². The van der Waals surface area contributed by atoms with Gasteiger partial charge >= 0.3 is 0 Å². The summed E-state index contributed by atoms with van der Waals surface area (Å²) in [6.07, 6.45) is 0.883. The van der Waals surface area contributed by atoms with E-state index in [1.165, 1.54) is 0 Å². The number of aliphatic hydroxyl groups is 1. The second-order valence-electron chi connectivity index (χ2n) is 3.21. The zero-order valence-electron chi connectivity index (χ0n) is 6.15. The van der Waals surface area contributed by atoms with Crippen LogP contribution >= 0.6 is 0 Å². The molecule has 0 aromatic rings. The van der Waals surface area contributed by atoms with E-state index in [1.807, 2.05) is 6.92 Å². The first-order valence-electron chi connectivity index (χ1n) is 3.56. The lowest BCUT2D eigenvalue weighted by atomic mass is 9.85. The topological polar surface area (TPSA) is 32.3 Å². The SMILES string of the molecule is C[C@@H]1CNCCC1(C)O. The molecule has 1 saturated heterocycles. The van der Waals surface area contributed by atoms with Crippen LogP contribution in [0.15, 0.2) is 0 Å². The second-order valence-corrected chi connectivity index (χ2v) is 3.21. The molecule has 0 spiro atoms. The molecular formula is C7H15NO. The molecule has 1 aliphatic heterocycles. The predicted molar refractivity (Wildman–Crippen MR) is 37.3 cm³/mol. The van der Waals surface area contributed by atoms with Gasteiger partial charge in [-0.05, 0) is 25.8 Å². The van der Waals surface area contributed by atoms with Crippen molar-refractivity contribution in [2.24, 2.45) is 5.92 Å². The van der Waals surface area contributed by atoms with E-state index < -0.39 is 5.60 Å². The molecule has 1 aliphatic rings. The molecule has 2 atom stereocenters. The van der Waals surface area contributed by atoms with Crippen molar-refractivity contribution in [3.05, 3.63) is 0 Å². The van der Waals surface area contributed by atoms with Gasteiger partial charge in [0.1, 0.15) is 0 Å². The molecule has 0 aromatic carbocycles. The van der Waals surface area contributed by atoms with Crippen molar-refractivity contribution < 1.29 is 5.11 Å². The Morgan fingerprint density at radius 3 is 2.67 bits per heavy atom. The fourth-order valence-electron chi connectivity index (χ4n) is 1.13. The standard InChI is InChI=1S/C7H15NO/c1-6-5-8-4-3-7(6,2)9/h6,8-9H,3-5H2,1-2H3/t6-,7?/m1/s1. The lowest BCUT2D eigenvalue weighted by Crippen LogP contribution is -2.46. The van der Waals surface area contributed by atoms with Crippen molar-refractivity contribution in [1.82, 2.24) is 5.32 Å². The van der Waals surface area contributed by atoms with Gasteiger partial charge in [0.05, 0.1) is 5.60 Å². The lowest BCUT2D eigenvalue weighted by molar-refractivity contribution is -0.0160. The molecule has 2 N–H and O–H groups in total. The van der Waals surface area contributed by atoms with Crippen LogP contribution in [0.3, 0.4) is 0 Å². The van der Waals surface area contributed by atoms with Gasteiger partial charge in [0.15, 0.2) is 0 Å². The zero-order valence-corrected chi connectivity index (χ0v) is 6.15. The molecule has 0 saturated carbocycles. The molecule has 2 nitrogen and oxygen atoms in total. The Labute approximate surface area is 56.3 Å². The molecule has 1 unspecified atom stereocenters. The summed E-state index contributed by atoms with van der Waals surface area (Å²) in [7, 11) is 0. The first-order chi connectivity index (χ1) is 4.13. The third kappa shape index (κ3) is 1.43. The van der Waals surface area contributed by atoms with E-state index in [0.717, 1.165) is 19.5 Å². The first-order valence-corrected chi connectivity index (χ1v) is 3.56. The van der Waals surface area contributed by atoms with E-state index in [1.54, 1.807) is 0 Å². The van der Waals surface area contributed by atoms with Gasteiger partial charge in [-0.3, -0.25) is 0 Å². The van der Waals surface area contributed by atoms with Gasteiger partial charge in [0.25, 0.3) is 0 Å². The molecule has 9 heavy (non-hydrogen) atoms. The highest BCUT2D eigenvalue weighted by Crippen LogP contribution is 2.22. The third-order valence-electron chi connectivity index (χ3n) is 2.32. The Morgan fingerprint density at radius 2 is 2.33 bits per heavy atom. The predicted octanol–water partition coefficient (Wildman–Crippen LogP) is 0.367. The molecule has 0 bridgehead atoms. The van der Waals surface area contributed by atoms with Crippen molar-refractivity contribution in [1.29, 1.82) is 0 Å². The Balaban J connectivity index is 2.49. The van der Waals surface area contributed by atoms with Crippen molar-refractivity contribution in [3.63, 3.8) is 0 Å². The maximum Gasteiger partial charge on any atom is 0.0669 e. The number of piperidine rings is 1. The molecule has 1 rings (SSSR count). The summed E-state index contributed by atoms with van der Waals surface area (Å²) in [4.78, 5) is 0. The minimum Gasteiger partial charge on any atom is -0.390 e. The van der Waals surface area contributed by atoms with Gasteiger partial charge in [0, 0.05) is 6.54 Å². The molecular weight excluding hydrogens is 114 g/mol. The molecule has 0 amide bonds. The average Bonchev–Trinajstić information content (AvgIpc) is 1.77. The van der Waals surface area contributed by atoms with Crippen LogP contribution in [0, 0.1) is 5.92 Å². The maximum atomic E-state index is 9.60. The minimum atomic E-state index is -0.425. The molecule has 54 valence electrons. The number of hydrogen-bond acceptors (Lipinski definition) is 2. The van der Waals surface area contributed by atoms with Gasteiger partial charge in [-0.2, -0.15) is 0 Å². The Kier molecular flexibility index (Phi) is 1.78. The quantitative estimate of drug-likeness (QED) is 0.495. The fraction of sp³-hybridized carbons (Fsp3) is 1.00. The largest absolute Gasteiger partial charge is 0.390 e. The van der Waals surface area contributed by atoms with Crippen LogP contribution in [0.4, 0.5) is 0 Å². The summed E-state index contributed by atoms with van der Waals surface area (Å²) in [5.74, 6) is 0.395. The molecule has 0 aromatic heterocycles. The molecule has 1 fully saturated rings. The zero-order chi connectivity index (χ0) is 6.91. The monoisotopic (exact) mass is 129 g/mol. The minimum absolute atomic E-state index is 0.395. The summed E-state index contributed by atoms with van der Waals surface area (Å²) in [5, 5.41) is 12.8. The van der Waals surface area contributed by atoms with Crippen LogP contribution < -0.4 is 5.32 Å². The third-order valence-corrected chi connectivity index (χ3v) is 2.32. The second kappa shape index (κ2) is 2.27. The number of nitrogens with one attached hydrogen (secondary N) is 1. The fourth-order valence-corrected chi connectivity index (χ4v) is 1.13. The Morgan fingerprint density at radius 1 is 1.67 bits per heavy atom. The van der Waals surface area contributed by atoms with Gasteiger partial charge in [-0.15, -0.1) is 0 Å². The number of rotatable bonds is 0. The van der Waals surface area contributed by atoms with Crippen LogP contribution in [0.5, 0.6) is 0 Å². The van der Waals surface area contributed by atoms with Crippen LogP contribution in [0.25, 0.3) is 0 Å². The highest BCUT2D eigenvalue weighted by molar-refractivity contribution is 4.85. The Bertz CT molecular complexity index is 101. The number of hydrogen-bond donors (Lipinski definition) is 2. The van der Waals surface area contributed by atoms with E-state index in [2.05, 4.69) is 12.2 Å². The van der Waals surface area contributed by atoms with E-state index in [4.69, 9.17) is 0 Å². The van der Waals surface area contributed by atoms with E-state index in [0.29, 0.717) is 5.92 Å². The lowest BCUT2D eigenvalue weighted by Gasteiger charge is -2.35. The van der Waals surface area contributed by atoms with Crippen LogP contribution in [-0.4, -0.2) is 23.8 Å². The van der Waals surface area contributed by atoms with Crippen LogP contribution in [0.1, 0.15) is 20.3 Å². The average molecular weight is 129 g/mol. The Hall–Kier alpha value is -0.0800. The highest BCUT2D eigenvalue weighted by atomic mass is 16.3. The van der Waals surface area contributed by atoms with Crippen molar-refractivity contribution in [2.45, 2.75) is 25.9 Å². The van der Waals surface area contributed by atoms with Crippen LogP contribution in [-0.2, 0) is 0 Å². The molecule has 2 heteroatoms. The van der Waals surface area contributed by atoms with Crippen LogP contribution in [0.2, 0.25) is 0 Å². The summed E-state index contributed by atoms with van der Waals surface area (Å²) in [6, 6.07) is 0. The van der Waals surface area contributed by atoms with E-state index in [9.17, 15) is 5.11 Å². The highest BCUT2D eigenvalue weighted by Gasteiger charge is 2.30. The van der Waals surface area contributed by atoms with Gasteiger partial charge in [0.2, 0.25) is 0 Å². The molecule has 0 radical (unpaired) electrons.